The maximum atomic E-state index is 12.7. The molecule has 124 valence electrons. The molecule has 1 N–H and O–H groups in total. The van der Waals surface area contributed by atoms with Crippen LogP contribution in [0.4, 0.5) is 5.69 Å². The normalized spacial score (nSPS) is 11.2. The monoisotopic (exact) mass is 350 g/mol. The van der Waals surface area contributed by atoms with Gasteiger partial charge in [-0.3, -0.25) is 9.78 Å². The highest BCUT2D eigenvalue weighted by Crippen LogP contribution is 2.22. The molecule has 2 heterocycles. The fourth-order valence-electron chi connectivity index (χ4n) is 2.88. The van der Waals surface area contributed by atoms with Crippen molar-refractivity contribution in [3.05, 3.63) is 65.1 Å². The molecule has 0 radical (unpaired) electrons. The van der Waals surface area contributed by atoms with Gasteiger partial charge in [-0.05, 0) is 49.4 Å². The molecule has 0 fully saturated rings. The summed E-state index contributed by atoms with van der Waals surface area (Å²) in [5.74, 6) is -0.201. The Morgan fingerprint density at radius 1 is 1.12 bits per heavy atom. The fourth-order valence-corrected chi connectivity index (χ4v) is 3.06. The highest BCUT2D eigenvalue weighted by Gasteiger charge is 2.13. The third-order valence-corrected chi connectivity index (χ3v) is 4.43. The van der Waals surface area contributed by atoms with Crippen LogP contribution in [0.25, 0.3) is 21.9 Å². The standard InChI is InChI=1S/C19H15ClN4O/c1-11-15(8-12-7-13(20)3-5-16(12)22-11)19(25)23-14-4-6-17-18(9-14)24(2)10-21-17/h3-10H,1-2H3,(H,23,25). The average Bonchev–Trinajstić information content (AvgIpc) is 2.95. The van der Waals surface area contributed by atoms with Gasteiger partial charge in [-0.1, -0.05) is 11.6 Å². The van der Waals surface area contributed by atoms with E-state index in [2.05, 4.69) is 15.3 Å². The van der Waals surface area contributed by atoms with Crippen LogP contribution in [0.5, 0.6) is 0 Å². The molecule has 6 heteroatoms. The molecule has 2 aromatic carbocycles. The zero-order chi connectivity index (χ0) is 17.6. The smallest absolute Gasteiger partial charge is 0.257 e. The van der Waals surface area contributed by atoms with Gasteiger partial charge in [-0.25, -0.2) is 4.98 Å². The van der Waals surface area contributed by atoms with E-state index in [1.807, 2.05) is 54.9 Å². The van der Waals surface area contributed by atoms with E-state index in [4.69, 9.17) is 11.6 Å². The molecular weight excluding hydrogens is 336 g/mol. The molecule has 4 aromatic rings. The Morgan fingerprint density at radius 2 is 1.92 bits per heavy atom. The van der Waals surface area contributed by atoms with Crippen LogP contribution in [-0.2, 0) is 7.05 Å². The lowest BCUT2D eigenvalue weighted by Crippen LogP contribution is -2.14. The third-order valence-electron chi connectivity index (χ3n) is 4.20. The van der Waals surface area contributed by atoms with Crippen molar-refractivity contribution in [2.24, 2.45) is 7.05 Å². The van der Waals surface area contributed by atoms with Crippen LogP contribution < -0.4 is 5.32 Å². The molecule has 5 nitrogen and oxygen atoms in total. The minimum Gasteiger partial charge on any atom is -0.334 e. The summed E-state index contributed by atoms with van der Waals surface area (Å²) in [6, 6.07) is 12.9. The summed E-state index contributed by atoms with van der Waals surface area (Å²) >= 11 is 6.04. The summed E-state index contributed by atoms with van der Waals surface area (Å²) < 4.78 is 1.91. The number of carbonyl (C=O) groups is 1. The number of hydrogen-bond acceptors (Lipinski definition) is 3. The van der Waals surface area contributed by atoms with Crippen LogP contribution in [0, 0.1) is 6.92 Å². The summed E-state index contributed by atoms with van der Waals surface area (Å²) in [5.41, 5.74) is 4.58. The van der Waals surface area contributed by atoms with Gasteiger partial charge >= 0.3 is 0 Å². The van der Waals surface area contributed by atoms with E-state index in [0.717, 1.165) is 21.9 Å². The average molecular weight is 351 g/mol. The summed E-state index contributed by atoms with van der Waals surface area (Å²) in [6.45, 7) is 1.83. The van der Waals surface area contributed by atoms with Crippen molar-refractivity contribution in [3.63, 3.8) is 0 Å². The predicted octanol–water partition coefficient (Wildman–Crippen LogP) is 4.34. The van der Waals surface area contributed by atoms with Crippen molar-refractivity contribution in [3.8, 4) is 0 Å². The number of carbonyl (C=O) groups excluding carboxylic acids is 1. The first kappa shape index (κ1) is 15.6. The number of aromatic nitrogens is 3. The van der Waals surface area contributed by atoms with Gasteiger partial charge in [0.15, 0.2) is 0 Å². The van der Waals surface area contributed by atoms with Crippen LogP contribution in [0.1, 0.15) is 16.1 Å². The van der Waals surface area contributed by atoms with Crippen molar-refractivity contribution in [2.45, 2.75) is 6.92 Å². The lowest BCUT2D eigenvalue weighted by molar-refractivity contribution is 0.102. The van der Waals surface area contributed by atoms with E-state index in [-0.39, 0.29) is 5.91 Å². The second-order valence-electron chi connectivity index (χ2n) is 5.97. The van der Waals surface area contributed by atoms with Gasteiger partial charge in [0.1, 0.15) is 0 Å². The number of anilines is 1. The maximum Gasteiger partial charge on any atom is 0.257 e. The van der Waals surface area contributed by atoms with E-state index in [1.54, 1.807) is 12.4 Å². The summed E-state index contributed by atoms with van der Waals surface area (Å²) in [4.78, 5) is 21.5. The SMILES string of the molecule is Cc1nc2ccc(Cl)cc2cc1C(=O)Nc1ccc2ncn(C)c2c1. The van der Waals surface area contributed by atoms with Crippen LogP contribution in [-0.4, -0.2) is 20.4 Å². The molecule has 0 aliphatic rings. The van der Waals surface area contributed by atoms with Gasteiger partial charge < -0.3 is 9.88 Å². The lowest BCUT2D eigenvalue weighted by Gasteiger charge is -2.09. The number of rotatable bonds is 2. The largest absolute Gasteiger partial charge is 0.334 e. The zero-order valence-electron chi connectivity index (χ0n) is 13.7. The van der Waals surface area contributed by atoms with Gasteiger partial charge in [-0.2, -0.15) is 0 Å². The Morgan fingerprint density at radius 3 is 2.76 bits per heavy atom. The molecule has 0 aliphatic heterocycles. The second kappa shape index (κ2) is 5.86. The van der Waals surface area contributed by atoms with Crippen LogP contribution in [0.15, 0.2) is 48.8 Å². The van der Waals surface area contributed by atoms with Gasteiger partial charge in [0.25, 0.3) is 5.91 Å². The van der Waals surface area contributed by atoms with E-state index in [9.17, 15) is 4.79 Å². The van der Waals surface area contributed by atoms with Crippen molar-refractivity contribution < 1.29 is 4.79 Å². The van der Waals surface area contributed by atoms with Gasteiger partial charge in [-0.15, -0.1) is 0 Å². The van der Waals surface area contributed by atoms with E-state index in [0.29, 0.717) is 22.0 Å². The van der Waals surface area contributed by atoms with Crippen molar-refractivity contribution in [2.75, 3.05) is 5.32 Å². The number of benzene rings is 2. The van der Waals surface area contributed by atoms with Gasteiger partial charge in [0, 0.05) is 23.1 Å². The minimum atomic E-state index is -0.201. The first-order valence-electron chi connectivity index (χ1n) is 7.80. The molecule has 0 aliphatic carbocycles. The summed E-state index contributed by atoms with van der Waals surface area (Å²) in [7, 11) is 1.92. The number of aryl methyl sites for hydroxylation is 2. The van der Waals surface area contributed by atoms with Crippen LogP contribution in [0.3, 0.4) is 0 Å². The Balaban J connectivity index is 1.70. The quantitative estimate of drug-likeness (QED) is 0.585. The van der Waals surface area contributed by atoms with Crippen molar-refractivity contribution in [1.29, 1.82) is 0 Å². The second-order valence-corrected chi connectivity index (χ2v) is 6.41. The number of pyridine rings is 1. The Bertz CT molecular complexity index is 1130. The Labute approximate surface area is 149 Å². The Kier molecular flexibility index (Phi) is 3.66. The number of fused-ring (bicyclic) bond motifs is 2. The van der Waals surface area contributed by atoms with Crippen LogP contribution >= 0.6 is 11.6 Å². The molecule has 0 bridgehead atoms. The van der Waals surface area contributed by atoms with Crippen molar-refractivity contribution >= 4 is 45.1 Å². The molecule has 0 saturated carbocycles. The van der Waals surface area contributed by atoms with Crippen LogP contribution in [0.2, 0.25) is 5.02 Å². The zero-order valence-corrected chi connectivity index (χ0v) is 14.5. The number of nitrogens with one attached hydrogen (secondary N) is 1. The molecule has 0 atom stereocenters. The number of nitrogens with zero attached hydrogens (tertiary/aromatic N) is 3. The number of amides is 1. The van der Waals surface area contributed by atoms with E-state index >= 15 is 0 Å². The predicted molar refractivity (Wildman–Crippen MR) is 100 cm³/mol. The Hall–Kier alpha value is -2.92. The molecule has 25 heavy (non-hydrogen) atoms. The fraction of sp³-hybridized carbons (Fsp3) is 0.105. The first-order valence-corrected chi connectivity index (χ1v) is 8.18. The molecule has 1 amide bonds. The van der Waals surface area contributed by atoms with Gasteiger partial charge in [0.05, 0.1) is 34.1 Å². The molecule has 0 saturated heterocycles. The number of imidazole rings is 1. The highest BCUT2D eigenvalue weighted by atomic mass is 35.5. The maximum absolute atomic E-state index is 12.7. The lowest BCUT2D eigenvalue weighted by atomic mass is 10.1. The highest BCUT2D eigenvalue weighted by molar-refractivity contribution is 6.31. The molecule has 4 rings (SSSR count). The first-order chi connectivity index (χ1) is 12.0. The molecule has 0 spiro atoms. The summed E-state index contributed by atoms with van der Waals surface area (Å²) in [5, 5.41) is 4.39. The minimum absolute atomic E-state index is 0.201. The molecule has 0 unspecified atom stereocenters. The topological polar surface area (TPSA) is 59.8 Å². The van der Waals surface area contributed by atoms with E-state index in [1.165, 1.54) is 0 Å². The van der Waals surface area contributed by atoms with E-state index < -0.39 is 0 Å². The number of halogens is 1. The molecule has 2 aromatic heterocycles. The summed E-state index contributed by atoms with van der Waals surface area (Å²) in [6.07, 6.45) is 1.75. The molecular formula is C19H15ClN4O. The third kappa shape index (κ3) is 2.83. The van der Waals surface area contributed by atoms with Crippen molar-refractivity contribution in [1.82, 2.24) is 14.5 Å². The number of hydrogen-bond donors (Lipinski definition) is 1. The van der Waals surface area contributed by atoms with Gasteiger partial charge in [0.2, 0.25) is 0 Å².